The summed E-state index contributed by atoms with van der Waals surface area (Å²) in [4.78, 5) is 12.1. The Morgan fingerprint density at radius 3 is 2.70 bits per heavy atom. The minimum absolute atomic E-state index is 0.134. The first kappa shape index (κ1) is 18.5. The lowest BCUT2D eigenvalue weighted by molar-refractivity contribution is -0.274. The van der Waals surface area contributed by atoms with E-state index in [1.165, 1.54) is 18.2 Å². The monoisotopic (exact) mass is 379 g/mol. The summed E-state index contributed by atoms with van der Waals surface area (Å²) in [5.41, 5.74) is 0.838. The standard InChI is InChI=1S/C17H16F3N5O2/c1-11(15-24-23-14-8-4-5-9-25(14)15)22-16(26)21-10-12-6-2-3-7-13(12)27-17(18,19)20/h2-9,11H,10H2,1H3,(H2,21,22,26). The summed E-state index contributed by atoms with van der Waals surface area (Å²) in [7, 11) is 0. The number of aromatic nitrogens is 3. The van der Waals surface area contributed by atoms with E-state index in [1.54, 1.807) is 29.7 Å². The molecular weight excluding hydrogens is 363 g/mol. The highest BCUT2D eigenvalue weighted by Crippen LogP contribution is 2.26. The normalized spacial score (nSPS) is 12.6. The van der Waals surface area contributed by atoms with Gasteiger partial charge in [0.1, 0.15) is 5.75 Å². The van der Waals surface area contributed by atoms with E-state index in [9.17, 15) is 18.0 Å². The molecule has 1 aromatic carbocycles. The Balaban J connectivity index is 1.62. The third-order valence-electron chi connectivity index (χ3n) is 3.71. The average Bonchev–Trinajstić information content (AvgIpc) is 3.04. The van der Waals surface area contributed by atoms with Crippen molar-refractivity contribution in [1.82, 2.24) is 25.2 Å². The number of fused-ring (bicyclic) bond motifs is 1. The van der Waals surface area contributed by atoms with Crippen LogP contribution >= 0.6 is 0 Å². The predicted octanol–water partition coefficient (Wildman–Crippen LogP) is 3.19. The van der Waals surface area contributed by atoms with Gasteiger partial charge in [0, 0.05) is 18.3 Å². The number of amides is 2. The summed E-state index contributed by atoms with van der Waals surface area (Å²) in [5.74, 6) is 0.170. The summed E-state index contributed by atoms with van der Waals surface area (Å²) < 4.78 is 43.0. The number of para-hydroxylation sites is 1. The summed E-state index contributed by atoms with van der Waals surface area (Å²) in [6, 6.07) is 9.99. The molecule has 2 aromatic heterocycles. The Morgan fingerprint density at radius 2 is 1.93 bits per heavy atom. The maximum absolute atomic E-state index is 12.4. The Morgan fingerprint density at radius 1 is 1.19 bits per heavy atom. The second-order valence-electron chi connectivity index (χ2n) is 5.69. The molecule has 7 nitrogen and oxygen atoms in total. The number of nitrogens with one attached hydrogen (secondary N) is 2. The number of alkyl halides is 3. The third kappa shape index (κ3) is 4.66. The van der Waals surface area contributed by atoms with Gasteiger partial charge in [0.15, 0.2) is 11.5 Å². The summed E-state index contributed by atoms with van der Waals surface area (Å²) in [5, 5.41) is 13.2. The topological polar surface area (TPSA) is 80.5 Å². The number of pyridine rings is 1. The first-order valence-corrected chi connectivity index (χ1v) is 8.01. The fraction of sp³-hybridized carbons (Fsp3) is 0.235. The van der Waals surface area contributed by atoms with E-state index in [0.29, 0.717) is 11.5 Å². The molecule has 0 saturated carbocycles. The Kier molecular flexibility index (Phi) is 5.15. The van der Waals surface area contributed by atoms with Crippen LogP contribution in [0.25, 0.3) is 5.65 Å². The van der Waals surface area contributed by atoms with E-state index in [1.807, 2.05) is 12.1 Å². The number of ether oxygens (including phenoxy) is 1. The van der Waals surface area contributed by atoms with E-state index >= 15 is 0 Å². The number of carbonyl (C=O) groups excluding carboxylic acids is 1. The first-order chi connectivity index (χ1) is 12.8. The lowest BCUT2D eigenvalue weighted by atomic mass is 10.2. The van der Waals surface area contributed by atoms with Gasteiger partial charge in [0.2, 0.25) is 0 Å². The largest absolute Gasteiger partial charge is 0.573 e. The molecule has 0 saturated heterocycles. The maximum Gasteiger partial charge on any atom is 0.573 e. The summed E-state index contributed by atoms with van der Waals surface area (Å²) in [6.45, 7) is 1.59. The smallest absolute Gasteiger partial charge is 0.405 e. The number of urea groups is 1. The highest BCUT2D eigenvalue weighted by molar-refractivity contribution is 5.74. The van der Waals surface area contributed by atoms with Gasteiger partial charge in [-0.15, -0.1) is 23.4 Å². The van der Waals surface area contributed by atoms with Crippen molar-refractivity contribution >= 4 is 11.7 Å². The van der Waals surface area contributed by atoms with Gasteiger partial charge in [0.05, 0.1) is 6.04 Å². The van der Waals surface area contributed by atoms with Crippen LogP contribution in [0.4, 0.5) is 18.0 Å². The van der Waals surface area contributed by atoms with Crippen LogP contribution in [0.2, 0.25) is 0 Å². The van der Waals surface area contributed by atoms with E-state index in [2.05, 4.69) is 25.6 Å². The minimum Gasteiger partial charge on any atom is -0.405 e. The molecule has 0 radical (unpaired) electrons. The molecule has 1 unspecified atom stereocenters. The second kappa shape index (κ2) is 7.52. The number of nitrogens with zero attached hydrogens (tertiary/aromatic N) is 3. The van der Waals surface area contributed by atoms with Crippen molar-refractivity contribution in [1.29, 1.82) is 0 Å². The molecular formula is C17H16F3N5O2. The summed E-state index contributed by atoms with van der Waals surface area (Å²) in [6.07, 6.45) is -3.03. The van der Waals surface area contributed by atoms with E-state index in [4.69, 9.17) is 0 Å². The second-order valence-corrected chi connectivity index (χ2v) is 5.69. The Hall–Kier alpha value is -3.30. The zero-order valence-electron chi connectivity index (χ0n) is 14.2. The zero-order chi connectivity index (χ0) is 19.4. The van der Waals surface area contributed by atoms with Crippen molar-refractivity contribution in [2.75, 3.05) is 0 Å². The average molecular weight is 379 g/mol. The van der Waals surface area contributed by atoms with Gasteiger partial charge in [0.25, 0.3) is 0 Å². The molecule has 142 valence electrons. The molecule has 3 aromatic rings. The van der Waals surface area contributed by atoms with Gasteiger partial charge in [-0.3, -0.25) is 4.40 Å². The van der Waals surface area contributed by atoms with Gasteiger partial charge in [-0.05, 0) is 25.1 Å². The van der Waals surface area contributed by atoms with Crippen LogP contribution in [0.1, 0.15) is 24.4 Å². The lowest BCUT2D eigenvalue weighted by Gasteiger charge is -2.15. The minimum atomic E-state index is -4.80. The van der Waals surface area contributed by atoms with E-state index < -0.39 is 18.4 Å². The highest BCUT2D eigenvalue weighted by atomic mass is 19.4. The first-order valence-electron chi connectivity index (χ1n) is 8.01. The number of hydrogen-bond donors (Lipinski definition) is 2. The van der Waals surface area contributed by atoms with Crippen LogP contribution in [0.15, 0.2) is 48.7 Å². The molecule has 27 heavy (non-hydrogen) atoms. The molecule has 0 aliphatic rings. The van der Waals surface area contributed by atoms with Gasteiger partial charge in [-0.25, -0.2) is 4.79 Å². The van der Waals surface area contributed by atoms with E-state index in [-0.39, 0.29) is 17.9 Å². The number of carbonyl (C=O) groups is 1. The molecule has 0 aliphatic heterocycles. The van der Waals surface area contributed by atoms with Crippen molar-refractivity contribution in [3.63, 3.8) is 0 Å². The van der Waals surface area contributed by atoms with Crippen molar-refractivity contribution in [2.45, 2.75) is 25.9 Å². The van der Waals surface area contributed by atoms with Gasteiger partial charge in [-0.2, -0.15) is 0 Å². The molecule has 0 bridgehead atoms. The summed E-state index contributed by atoms with van der Waals surface area (Å²) >= 11 is 0. The number of rotatable bonds is 5. The molecule has 3 rings (SSSR count). The predicted molar refractivity (Wildman–Crippen MR) is 89.9 cm³/mol. The molecule has 2 N–H and O–H groups in total. The van der Waals surface area contributed by atoms with Crippen LogP contribution in [0.3, 0.4) is 0 Å². The fourth-order valence-electron chi connectivity index (χ4n) is 2.52. The maximum atomic E-state index is 12.4. The number of benzene rings is 1. The van der Waals surface area contributed by atoms with Gasteiger partial charge in [-0.1, -0.05) is 24.3 Å². The highest BCUT2D eigenvalue weighted by Gasteiger charge is 2.32. The Labute approximate surface area is 152 Å². The SMILES string of the molecule is CC(NC(=O)NCc1ccccc1OC(F)(F)F)c1nnc2ccccn12. The lowest BCUT2D eigenvalue weighted by Crippen LogP contribution is -2.37. The van der Waals surface area contributed by atoms with Crippen molar-refractivity contribution in [3.05, 3.63) is 60.0 Å². The van der Waals surface area contributed by atoms with Crippen LogP contribution in [0, 0.1) is 0 Å². The van der Waals surface area contributed by atoms with Gasteiger partial charge < -0.3 is 15.4 Å². The number of halogens is 3. The quantitative estimate of drug-likeness (QED) is 0.714. The molecule has 0 aliphatic carbocycles. The van der Waals surface area contributed by atoms with Gasteiger partial charge >= 0.3 is 12.4 Å². The van der Waals surface area contributed by atoms with Crippen LogP contribution in [-0.2, 0) is 6.54 Å². The fourth-order valence-corrected chi connectivity index (χ4v) is 2.52. The molecule has 2 amide bonds. The van der Waals surface area contributed by atoms with Crippen LogP contribution < -0.4 is 15.4 Å². The van der Waals surface area contributed by atoms with Crippen molar-refractivity contribution in [3.8, 4) is 5.75 Å². The van der Waals surface area contributed by atoms with E-state index in [0.717, 1.165) is 0 Å². The number of hydrogen-bond acceptors (Lipinski definition) is 4. The molecule has 0 fully saturated rings. The zero-order valence-corrected chi connectivity index (χ0v) is 14.2. The molecule has 2 heterocycles. The van der Waals surface area contributed by atoms with Crippen molar-refractivity contribution in [2.24, 2.45) is 0 Å². The third-order valence-corrected chi connectivity index (χ3v) is 3.71. The Bertz CT molecular complexity index is 941. The van der Waals surface area contributed by atoms with Crippen molar-refractivity contribution < 1.29 is 22.7 Å². The molecule has 1 atom stereocenters. The van der Waals surface area contributed by atoms with Crippen LogP contribution in [-0.4, -0.2) is 27.0 Å². The van der Waals surface area contributed by atoms with Crippen LogP contribution in [0.5, 0.6) is 5.75 Å². The molecule has 0 spiro atoms. The molecule has 10 heteroatoms.